The molecule has 8 nitrogen and oxygen atoms in total. The van der Waals surface area contributed by atoms with Gasteiger partial charge in [-0.05, 0) is 67.3 Å². The van der Waals surface area contributed by atoms with E-state index >= 15 is 0 Å². The first-order chi connectivity index (χ1) is 19.0. The normalized spacial score (nSPS) is 15.6. The van der Waals surface area contributed by atoms with E-state index in [1.807, 2.05) is 11.5 Å². The van der Waals surface area contributed by atoms with Crippen LogP contribution in [0, 0.1) is 22.7 Å². The zero-order valence-corrected chi connectivity index (χ0v) is 25.5. The summed E-state index contributed by atoms with van der Waals surface area (Å²) in [5, 5.41) is 26.0. The van der Waals surface area contributed by atoms with Gasteiger partial charge in [-0.2, -0.15) is 5.26 Å². The smallest absolute Gasteiger partial charge is 0.251 e. The molecule has 1 aromatic carbocycles. The highest BCUT2D eigenvalue weighted by Crippen LogP contribution is 2.44. The van der Waals surface area contributed by atoms with Gasteiger partial charge < -0.3 is 15.2 Å². The number of thioether (sulfide) groups is 1. The summed E-state index contributed by atoms with van der Waals surface area (Å²) in [6, 6.07) is 8.52. The largest absolute Gasteiger partial charge is 0.342 e. The summed E-state index contributed by atoms with van der Waals surface area (Å²) in [5.74, 6) is 0.723. The number of anilines is 1. The molecular weight excluding hydrogens is 564 g/mol. The van der Waals surface area contributed by atoms with Gasteiger partial charge in [0.2, 0.25) is 5.91 Å². The third-order valence-electron chi connectivity index (χ3n) is 7.09. The number of thiophene rings is 1. The van der Waals surface area contributed by atoms with E-state index in [0.717, 1.165) is 24.8 Å². The van der Waals surface area contributed by atoms with Crippen molar-refractivity contribution in [1.29, 1.82) is 5.26 Å². The molecule has 4 rings (SSSR count). The number of nitriles is 1. The maximum atomic E-state index is 12.9. The number of nitrogens with zero attached hydrogens (tertiary/aromatic N) is 4. The Morgan fingerprint density at radius 2 is 2.05 bits per heavy atom. The molecule has 2 aromatic heterocycles. The molecule has 11 heteroatoms. The molecule has 1 aliphatic carbocycles. The Kier molecular flexibility index (Phi) is 9.39. The number of benzene rings is 1. The van der Waals surface area contributed by atoms with Crippen LogP contribution < -0.4 is 10.6 Å². The highest BCUT2D eigenvalue weighted by molar-refractivity contribution is 7.99. The molecule has 0 saturated heterocycles. The van der Waals surface area contributed by atoms with E-state index in [0.29, 0.717) is 44.6 Å². The van der Waals surface area contributed by atoms with Crippen LogP contribution in [0.1, 0.15) is 72.3 Å². The number of hydrogen-bond donors (Lipinski definition) is 2. The summed E-state index contributed by atoms with van der Waals surface area (Å²) in [4.78, 5) is 26.8. The molecule has 2 heterocycles. The molecular formula is C29H33ClN6O2S2. The molecule has 3 aromatic rings. The van der Waals surface area contributed by atoms with Crippen molar-refractivity contribution in [2.45, 2.75) is 64.7 Å². The van der Waals surface area contributed by atoms with Gasteiger partial charge in [0.05, 0.1) is 17.4 Å². The number of halogens is 1. The lowest BCUT2D eigenvalue weighted by Gasteiger charge is -2.33. The van der Waals surface area contributed by atoms with Crippen molar-refractivity contribution in [3.05, 3.63) is 69.3 Å². The van der Waals surface area contributed by atoms with E-state index in [9.17, 15) is 14.9 Å². The van der Waals surface area contributed by atoms with Crippen LogP contribution in [-0.2, 0) is 24.2 Å². The first kappa shape index (κ1) is 29.8. The van der Waals surface area contributed by atoms with Crippen LogP contribution >= 0.6 is 34.7 Å². The summed E-state index contributed by atoms with van der Waals surface area (Å²) in [6.07, 6.45) is 4.56. The van der Waals surface area contributed by atoms with Gasteiger partial charge in [-0.3, -0.25) is 9.59 Å². The first-order valence-electron chi connectivity index (χ1n) is 13.1. The number of rotatable bonds is 9. The monoisotopic (exact) mass is 596 g/mol. The third kappa shape index (κ3) is 6.77. The molecule has 2 atom stereocenters. The lowest BCUT2D eigenvalue weighted by atomic mass is 9.72. The number of carbonyl (C=O) groups excluding carboxylic acids is 2. The molecule has 0 bridgehead atoms. The van der Waals surface area contributed by atoms with E-state index in [4.69, 9.17) is 11.6 Å². The minimum Gasteiger partial charge on any atom is -0.342 e. The molecule has 1 aliphatic rings. The molecule has 0 unspecified atom stereocenters. The van der Waals surface area contributed by atoms with E-state index in [-0.39, 0.29) is 23.0 Å². The summed E-state index contributed by atoms with van der Waals surface area (Å²) < 4.78 is 1.83. The number of fused-ring (bicyclic) bond motifs is 1. The van der Waals surface area contributed by atoms with Gasteiger partial charge >= 0.3 is 0 Å². The van der Waals surface area contributed by atoms with Crippen LogP contribution in [0.4, 0.5) is 5.00 Å². The zero-order chi connectivity index (χ0) is 29.0. The number of amides is 2. The fourth-order valence-electron chi connectivity index (χ4n) is 4.80. The topological polar surface area (TPSA) is 113 Å². The fraction of sp³-hybridized carbons (Fsp3) is 0.414. The average Bonchev–Trinajstić information content (AvgIpc) is 3.47. The van der Waals surface area contributed by atoms with Crippen LogP contribution in [0.5, 0.6) is 0 Å². The molecule has 0 radical (unpaired) electrons. The maximum Gasteiger partial charge on any atom is 0.251 e. The Bertz CT molecular complexity index is 1450. The summed E-state index contributed by atoms with van der Waals surface area (Å²) >= 11 is 8.69. The zero-order valence-electron chi connectivity index (χ0n) is 23.1. The predicted molar refractivity (Wildman–Crippen MR) is 161 cm³/mol. The van der Waals surface area contributed by atoms with E-state index in [1.54, 1.807) is 30.3 Å². The lowest BCUT2D eigenvalue weighted by molar-refractivity contribution is -0.113. The van der Waals surface area contributed by atoms with E-state index < -0.39 is 6.04 Å². The predicted octanol–water partition coefficient (Wildman–Crippen LogP) is 6.42. The van der Waals surface area contributed by atoms with Crippen molar-refractivity contribution in [3.63, 3.8) is 0 Å². The number of carbonyl (C=O) groups is 2. The Hall–Kier alpha value is -3.13. The number of hydrogen-bond acceptors (Lipinski definition) is 7. The highest BCUT2D eigenvalue weighted by Gasteiger charge is 2.32. The quantitative estimate of drug-likeness (QED) is 0.218. The standard InChI is InChI=1S/C29H33ClN6O2S2/c1-6-13-36-25(17(2)32-26(38)18-7-10-20(30)11-8-18)34-35-28(36)39-16-24(37)33-27-22(15-31)21-12-9-19(29(3,4)5)14-23(21)40-27/h6-8,10-11,17,19H,1,9,12-14,16H2,2-5H3,(H,32,38)(H,33,37)/t17-,19+/m0/s1. The average molecular weight is 597 g/mol. The summed E-state index contributed by atoms with van der Waals surface area (Å²) in [5.41, 5.74) is 2.36. The van der Waals surface area contributed by atoms with Gasteiger partial charge in [0.15, 0.2) is 11.0 Å². The van der Waals surface area contributed by atoms with Crippen molar-refractivity contribution < 1.29 is 9.59 Å². The van der Waals surface area contributed by atoms with Gasteiger partial charge in [-0.1, -0.05) is 50.2 Å². The van der Waals surface area contributed by atoms with E-state index in [2.05, 4.69) is 54.3 Å². The fourth-order valence-corrected chi connectivity index (χ4v) is 6.97. The van der Waals surface area contributed by atoms with Crippen molar-refractivity contribution in [3.8, 4) is 6.07 Å². The second-order valence-corrected chi connectivity index (χ2v) is 13.4. The van der Waals surface area contributed by atoms with Crippen LogP contribution in [-0.4, -0.2) is 32.3 Å². The molecule has 0 saturated carbocycles. The Morgan fingerprint density at radius 1 is 1.32 bits per heavy atom. The van der Waals surface area contributed by atoms with Crippen LogP contribution in [0.15, 0.2) is 42.1 Å². The molecule has 210 valence electrons. The van der Waals surface area contributed by atoms with E-state index in [1.165, 1.54) is 28.0 Å². The molecule has 2 N–H and O–H groups in total. The van der Waals surface area contributed by atoms with Crippen LogP contribution in [0.2, 0.25) is 5.02 Å². The number of aromatic nitrogens is 3. The highest BCUT2D eigenvalue weighted by atomic mass is 35.5. The Balaban J connectivity index is 1.42. The van der Waals surface area contributed by atoms with Gasteiger partial charge in [-0.25, -0.2) is 0 Å². The number of nitrogens with one attached hydrogen (secondary N) is 2. The first-order valence-corrected chi connectivity index (χ1v) is 15.3. The molecule has 0 spiro atoms. The molecule has 0 fully saturated rings. The third-order valence-corrected chi connectivity index (χ3v) is 9.47. The molecule has 0 aliphatic heterocycles. The SMILES string of the molecule is C=CCn1c(SCC(=O)Nc2sc3c(c2C#N)CC[C@@H](C(C)(C)C)C3)nnc1[C@H](C)NC(=O)c1ccc(Cl)cc1. The lowest BCUT2D eigenvalue weighted by Crippen LogP contribution is -2.28. The Morgan fingerprint density at radius 3 is 2.70 bits per heavy atom. The van der Waals surface area contributed by atoms with Crippen LogP contribution in [0.3, 0.4) is 0 Å². The second kappa shape index (κ2) is 12.6. The van der Waals surface area contributed by atoms with Crippen LogP contribution in [0.25, 0.3) is 0 Å². The summed E-state index contributed by atoms with van der Waals surface area (Å²) in [7, 11) is 0. The van der Waals surface area contributed by atoms with Gasteiger partial charge in [-0.15, -0.1) is 28.1 Å². The van der Waals surface area contributed by atoms with Gasteiger partial charge in [0.25, 0.3) is 5.91 Å². The minimum absolute atomic E-state index is 0.0961. The van der Waals surface area contributed by atoms with Crippen molar-refractivity contribution in [1.82, 2.24) is 20.1 Å². The maximum absolute atomic E-state index is 12.9. The Labute approximate surface area is 248 Å². The van der Waals surface area contributed by atoms with Crippen molar-refractivity contribution in [2.75, 3.05) is 11.1 Å². The minimum atomic E-state index is -0.439. The number of allylic oxidation sites excluding steroid dienone is 1. The van der Waals surface area contributed by atoms with Crippen molar-refractivity contribution >= 4 is 51.5 Å². The molecule has 2 amide bonds. The van der Waals surface area contributed by atoms with Gasteiger partial charge in [0.1, 0.15) is 11.1 Å². The van der Waals surface area contributed by atoms with Crippen molar-refractivity contribution in [2.24, 2.45) is 11.3 Å². The van der Waals surface area contributed by atoms with Gasteiger partial charge in [0, 0.05) is 22.0 Å². The second-order valence-electron chi connectivity index (χ2n) is 10.9. The summed E-state index contributed by atoms with van der Waals surface area (Å²) in [6.45, 7) is 12.8. The molecule has 40 heavy (non-hydrogen) atoms.